The van der Waals surface area contributed by atoms with Crippen molar-refractivity contribution in [1.29, 1.82) is 0 Å². The van der Waals surface area contributed by atoms with Crippen molar-refractivity contribution in [2.45, 2.75) is 104 Å². The fourth-order valence-corrected chi connectivity index (χ4v) is 3.68. The summed E-state index contributed by atoms with van der Waals surface area (Å²) in [6, 6.07) is 0.625. The largest absolute Gasteiger partial charge is 0.383 e. The number of unbranched alkanes of at least 4 members (excludes halogenated alkanes) is 8. The monoisotopic (exact) mass is 381 g/mol. The second kappa shape index (κ2) is 14.0. The molecule has 2 aliphatic heterocycles. The van der Waals surface area contributed by atoms with Gasteiger partial charge in [-0.1, -0.05) is 58.3 Å². The highest BCUT2D eigenvalue weighted by Crippen LogP contribution is 2.15. The first-order valence-corrected chi connectivity index (χ1v) is 11.2. The predicted octanol–water partition coefficient (Wildman–Crippen LogP) is 4.24. The van der Waals surface area contributed by atoms with Gasteiger partial charge in [0.2, 0.25) is 0 Å². The molecular weight excluding hydrogens is 338 g/mol. The third-order valence-electron chi connectivity index (χ3n) is 5.49. The van der Waals surface area contributed by atoms with Crippen molar-refractivity contribution in [2.24, 2.45) is 4.99 Å². The van der Waals surface area contributed by atoms with E-state index in [1.165, 1.54) is 74.9 Å². The Labute approximate surface area is 167 Å². The highest BCUT2D eigenvalue weighted by molar-refractivity contribution is 5.84. The number of amidine groups is 1. The van der Waals surface area contributed by atoms with Crippen LogP contribution < -0.4 is 0 Å². The second-order valence-corrected chi connectivity index (χ2v) is 8.23. The minimum Gasteiger partial charge on any atom is -0.383 e. The smallest absolute Gasteiger partial charge is 0.251 e. The summed E-state index contributed by atoms with van der Waals surface area (Å²) in [4.78, 5) is 19.2. The molecule has 0 spiro atoms. The normalized spacial score (nSPS) is 19.6. The standard InChI is InChI=1S/C17H34N2.C5H9NO2/c1-4-5-6-7-8-9-10-11-12-13-17-18-14-15-19(17)16(2)3;1-6-3-2-4(7)5(6)8/h16H,4-15H2,1-3H3;4,7H,2-3H2,1H3. The van der Waals surface area contributed by atoms with Crippen molar-refractivity contribution in [1.82, 2.24) is 9.80 Å². The molecule has 1 fully saturated rings. The average Bonchev–Trinajstić information content (AvgIpc) is 3.23. The molecule has 5 heteroatoms. The van der Waals surface area contributed by atoms with Gasteiger partial charge in [-0.25, -0.2) is 0 Å². The van der Waals surface area contributed by atoms with E-state index >= 15 is 0 Å². The van der Waals surface area contributed by atoms with Gasteiger partial charge < -0.3 is 14.9 Å². The Kier molecular flexibility index (Phi) is 12.4. The number of likely N-dealkylation sites (tertiary alicyclic amines) is 1. The number of nitrogens with zero attached hydrogens (tertiary/aromatic N) is 3. The van der Waals surface area contributed by atoms with Gasteiger partial charge in [-0.05, 0) is 26.7 Å². The molecule has 27 heavy (non-hydrogen) atoms. The summed E-state index contributed by atoms with van der Waals surface area (Å²) in [5.74, 6) is 1.22. The molecule has 0 saturated carbocycles. The van der Waals surface area contributed by atoms with E-state index in [1.54, 1.807) is 7.05 Å². The molecule has 1 N–H and O–H groups in total. The number of amides is 1. The van der Waals surface area contributed by atoms with Crippen LogP contribution in [0.5, 0.6) is 0 Å². The van der Waals surface area contributed by atoms with Crippen molar-refractivity contribution in [3.05, 3.63) is 0 Å². The summed E-state index contributed by atoms with van der Waals surface area (Å²) in [5.41, 5.74) is 0. The van der Waals surface area contributed by atoms with Crippen LogP contribution in [-0.4, -0.2) is 65.5 Å². The number of aliphatic hydroxyl groups excluding tert-OH is 1. The molecule has 0 aliphatic carbocycles. The first-order valence-electron chi connectivity index (χ1n) is 11.2. The Hall–Kier alpha value is -1.10. The second-order valence-electron chi connectivity index (χ2n) is 8.23. The molecule has 2 rings (SSSR count). The lowest BCUT2D eigenvalue weighted by Crippen LogP contribution is -2.34. The highest BCUT2D eigenvalue weighted by atomic mass is 16.3. The molecule has 2 heterocycles. The molecule has 2 aliphatic rings. The van der Waals surface area contributed by atoms with Crippen LogP contribution in [0.2, 0.25) is 0 Å². The lowest BCUT2D eigenvalue weighted by molar-refractivity contribution is -0.133. The van der Waals surface area contributed by atoms with Gasteiger partial charge in [0, 0.05) is 32.6 Å². The van der Waals surface area contributed by atoms with E-state index in [-0.39, 0.29) is 5.91 Å². The van der Waals surface area contributed by atoms with Gasteiger partial charge in [-0.15, -0.1) is 0 Å². The molecule has 0 aromatic carbocycles. The molecule has 158 valence electrons. The van der Waals surface area contributed by atoms with Gasteiger partial charge in [0.15, 0.2) is 0 Å². The molecule has 1 saturated heterocycles. The molecule has 5 nitrogen and oxygen atoms in total. The fourth-order valence-electron chi connectivity index (χ4n) is 3.68. The van der Waals surface area contributed by atoms with Gasteiger partial charge in [0.05, 0.1) is 12.4 Å². The van der Waals surface area contributed by atoms with E-state index in [2.05, 4.69) is 30.7 Å². The quantitative estimate of drug-likeness (QED) is 0.545. The summed E-state index contributed by atoms with van der Waals surface area (Å²) >= 11 is 0. The maximum atomic E-state index is 10.6. The van der Waals surface area contributed by atoms with Gasteiger partial charge in [-0.3, -0.25) is 9.79 Å². The minimum atomic E-state index is -0.722. The molecule has 1 unspecified atom stereocenters. The maximum absolute atomic E-state index is 10.6. The Balaban J connectivity index is 0.000000377. The van der Waals surface area contributed by atoms with Crippen LogP contribution in [0, 0.1) is 0 Å². The number of hydrogen-bond acceptors (Lipinski definition) is 4. The molecular formula is C22H43N3O2. The van der Waals surface area contributed by atoms with E-state index < -0.39 is 6.10 Å². The Bertz CT molecular complexity index is 425. The first kappa shape index (κ1) is 23.9. The number of aliphatic imine (C=N–C) groups is 1. The van der Waals surface area contributed by atoms with Crippen molar-refractivity contribution >= 4 is 11.7 Å². The number of carbonyl (C=O) groups excluding carboxylic acids is 1. The average molecular weight is 382 g/mol. The topological polar surface area (TPSA) is 56.1 Å². The summed E-state index contributed by atoms with van der Waals surface area (Å²) < 4.78 is 0. The maximum Gasteiger partial charge on any atom is 0.251 e. The number of carbonyl (C=O) groups is 1. The Morgan fingerprint density at radius 2 is 1.63 bits per heavy atom. The molecule has 0 aromatic rings. The SMILES string of the molecule is CCCCCCCCCCCC1=NCCN1C(C)C.CN1CCC(O)C1=O. The number of rotatable bonds is 11. The van der Waals surface area contributed by atoms with Gasteiger partial charge in [0.25, 0.3) is 5.91 Å². The van der Waals surface area contributed by atoms with Crippen LogP contribution in [0.4, 0.5) is 0 Å². The molecule has 0 bridgehead atoms. The zero-order valence-electron chi connectivity index (χ0n) is 18.3. The zero-order valence-corrected chi connectivity index (χ0v) is 18.3. The number of hydrogen-bond donors (Lipinski definition) is 1. The molecule has 1 atom stereocenters. The van der Waals surface area contributed by atoms with E-state index in [4.69, 9.17) is 5.11 Å². The third kappa shape index (κ3) is 9.59. The van der Waals surface area contributed by atoms with Crippen molar-refractivity contribution in [3.63, 3.8) is 0 Å². The van der Waals surface area contributed by atoms with Crippen LogP contribution in [0.1, 0.15) is 91.4 Å². The van der Waals surface area contributed by atoms with Crippen molar-refractivity contribution in [3.8, 4) is 0 Å². The Morgan fingerprint density at radius 3 is 2.07 bits per heavy atom. The van der Waals surface area contributed by atoms with Gasteiger partial charge >= 0.3 is 0 Å². The van der Waals surface area contributed by atoms with E-state index in [1.807, 2.05) is 0 Å². The minimum absolute atomic E-state index is 0.148. The Morgan fingerprint density at radius 1 is 1.04 bits per heavy atom. The zero-order chi connectivity index (χ0) is 20.1. The van der Waals surface area contributed by atoms with E-state index in [9.17, 15) is 4.79 Å². The van der Waals surface area contributed by atoms with Crippen molar-refractivity contribution < 1.29 is 9.90 Å². The number of likely N-dealkylation sites (N-methyl/N-ethyl adjacent to an activating group) is 1. The van der Waals surface area contributed by atoms with E-state index in [0.29, 0.717) is 19.0 Å². The molecule has 0 aromatic heterocycles. The van der Waals surface area contributed by atoms with Crippen LogP contribution in [0.3, 0.4) is 0 Å². The third-order valence-corrected chi connectivity index (χ3v) is 5.49. The van der Waals surface area contributed by atoms with Gasteiger partial charge in [0.1, 0.15) is 6.10 Å². The fraction of sp³-hybridized carbons (Fsp3) is 0.909. The summed E-state index contributed by atoms with van der Waals surface area (Å²) in [7, 11) is 1.69. The van der Waals surface area contributed by atoms with E-state index in [0.717, 1.165) is 13.1 Å². The predicted molar refractivity (Wildman–Crippen MR) is 114 cm³/mol. The summed E-state index contributed by atoms with van der Waals surface area (Å²) in [6.07, 6.45) is 13.8. The van der Waals surface area contributed by atoms with Crippen LogP contribution in [-0.2, 0) is 4.79 Å². The van der Waals surface area contributed by atoms with Crippen LogP contribution in [0.15, 0.2) is 4.99 Å². The number of aliphatic hydroxyl groups is 1. The molecule has 1 amide bonds. The molecule has 0 radical (unpaired) electrons. The summed E-state index contributed by atoms with van der Waals surface area (Å²) in [5, 5.41) is 8.78. The van der Waals surface area contributed by atoms with Crippen LogP contribution in [0.25, 0.3) is 0 Å². The summed E-state index contributed by atoms with van der Waals surface area (Å²) in [6.45, 7) is 9.69. The first-order chi connectivity index (χ1) is 13.0. The van der Waals surface area contributed by atoms with Crippen LogP contribution >= 0.6 is 0 Å². The van der Waals surface area contributed by atoms with Crippen molar-refractivity contribution in [2.75, 3.05) is 26.7 Å². The highest BCUT2D eigenvalue weighted by Gasteiger charge is 2.26. The lowest BCUT2D eigenvalue weighted by Gasteiger charge is -2.24. The van der Waals surface area contributed by atoms with Gasteiger partial charge in [-0.2, -0.15) is 0 Å². The lowest BCUT2D eigenvalue weighted by atomic mass is 10.1.